The molecule has 0 atom stereocenters. The highest BCUT2D eigenvalue weighted by Gasteiger charge is 2.05. The summed E-state index contributed by atoms with van der Waals surface area (Å²) in [6, 6.07) is 0. The minimum absolute atomic E-state index is 0.0602. The molecule has 0 aliphatic rings. The Bertz CT molecular complexity index is 210. The lowest BCUT2D eigenvalue weighted by molar-refractivity contribution is 0.557. The van der Waals surface area contributed by atoms with Crippen LogP contribution in [-0.4, -0.2) is 21.3 Å². The van der Waals surface area contributed by atoms with E-state index in [1.165, 1.54) is 12.6 Å². The molecule has 2 radical (unpaired) electrons. The van der Waals surface area contributed by atoms with Gasteiger partial charge in [-0.3, -0.25) is 9.59 Å². The Kier molecular flexibility index (Phi) is 1.64. The number of nitrogens with zero attached hydrogens (tertiary/aromatic N) is 2. The first-order valence-corrected chi connectivity index (χ1v) is 2.70. The van der Waals surface area contributed by atoms with Gasteiger partial charge in [0.15, 0.2) is 11.4 Å². The summed E-state index contributed by atoms with van der Waals surface area (Å²) < 4.78 is 6.90. The van der Waals surface area contributed by atoms with Gasteiger partial charge < -0.3 is 0 Å². The summed E-state index contributed by atoms with van der Waals surface area (Å²) in [7, 11) is 0. The van der Waals surface area contributed by atoms with Crippen molar-refractivity contribution in [1.82, 2.24) is 8.75 Å². The second-order valence-corrected chi connectivity index (χ2v) is 1.69. The van der Waals surface area contributed by atoms with Gasteiger partial charge in [0.2, 0.25) is 0 Å². The van der Waals surface area contributed by atoms with Crippen LogP contribution in [0.5, 0.6) is 0 Å². The predicted molar refractivity (Wildman–Crippen MR) is 29.5 cm³/mol. The Balaban J connectivity index is 3.12. The summed E-state index contributed by atoms with van der Waals surface area (Å²) in [5, 5.41) is 0. The summed E-state index contributed by atoms with van der Waals surface area (Å²) in [4.78, 5) is 19.7. The Labute approximate surface area is 54.8 Å². The van der Waals surface area contributed by atoms with Crippen molar-refractivity contribution in [2.45, 2.75) is 0 Å². The molecule has 5 heteroatoms. The van der Waals surface area contributed by atoms with E-state index in [1.807, 2.05) is 0 Å². The monoisotopic (exact) mass is 140 g/mol. The second-order valence-electron chi connectivity index (χ2n) is 1.17. The van der Waals surface area contributed by atoms with E-state index < -0.39 is 0 Å². The molecule has 0 aromatic carbocycles. The lowest BCUT2D eigenvalue weighted by Gasteiger charge is -1.71. The lowest BCUT2D eigenvalue weighted by Crippen LogP contribution is -1.87. The van der Waals surface area contributed by atoms with Crippen LogP contribution in [0.25, 0.3) is 0 Å². The zero-order valence-electron chi connectivity index (χ0n) is 4.12. The molecule has 0 saturated heterocycles. The van der Waals surface area contributed by atoms with E-state index >= 15 is 0 Å². The summed E-state index contributed by atoms with van der Waals surface area (Å²) in [6.45, 7) is 0. The topological polar surface area (TPSA) is 59.9 Å². The molecule has 0 aliphatic heterocycles. The van der Waals surface area contributed by atoms with E-state index in [-0.39, 0.29) is 11.4 Å². The van der Waals surface area contributed by atoms with E-state index in [2.05, 4.69) is 8.75 Å². The zero-order valence-corrected chi connectivity index (χ0v) is 4.94. The lowest BCUT2D eigenvalue weighted by atomic mass is 10.4. The Morgan fingerprint density at radius 3 is 1.89 bits per heavy atom. The molecule has 0 saturated carbocycles. The van der Waals surface area contributed by atoms with Crippen LogP contribution in [0.1, 0.15) is 11.4 Å². The molecule has 44 valence electrons. The summed E-state index contributed by atoms with van der Waals surface area (Å²) in [6.07, 6.45) is 2.90. The SMILES string of the molecule is O=[C]c1nsnc1[C]=O. The Morgan fingerprint density at radius 1 is 1.11 bits per heavy atom. The van der Waals surface area contributed by atoms with Crippen molar-refractivity contribution in [2.75, 3.05) is 0 Å². The number of carbonyl (C=O) groups excluding carboxylic acids is 2. The highest BCUT2D eigenvalue weighted by atomic mass is 32.1. The van der Waals surface area contributed by atoms with Crippen molar-refractivity contribution in [1.29, 1.82) is 0 Å². The fraction of sp³-hybridized carbons (Fsp3) is 0. The van der Waals surface area contributed by atoms with Crippen molar-refractivity contribution in [2.24, 2.45) is 0 Å². The number of rotatable bonds is 2. The van der Waals surface area contributed by atoms with Crippen molar-refractivity contribution in [3.05, 3.63) is 11.4 Å². The van der Waals surface area contributed by atoms with Crippen LogP contribution in [0.4, 0.5) is 0 Å². The van der Waals surface area contributed by atoms with Gasteiger partial charge in [-0.05, 0) is 0 Å². The molecule has 4 nitrogen and oxygen atoms in total. The molecular weight excluding hydrogens is 140 g/mol. The first-order chi connectivity index (χ1) is 4.38. The van der Waals surface area contributed by atoms with Crippen molar-refractivity contribution in [3.63, 3.8) is 0 Å². The molecule has 9 heavy (non-hydrogen) atoms. The molecule has 0 N–H and O–H groups in total. The van der Waals surface area contributed by atoms with E-state index in [4.69, 9.17) is 0 Å². The summed E-state index contributed by atoms with van der Waals surface area (Å²) in [5.41, 5.74) is -0.120. The van der Waals surface area contributed by atoms with Gasteiger partial charge in [0.05, 0.1) is 11.7 Å². The molecule has 0 spiro atoms. The van der Waals surface area contributed by atoms with Gasteiger partial charge in [-0.1, -0.05) is 0 Å². The van der Waals surface area contributed by atoms with E-state index in [0.717, 1.165) is 11.7 Å². The van der Waals surface area contributed by atoms with Gasteiger partial charge in [-0.15, -0.1) is 0 Å². The number of aromatic nitrogens is 2. The number of hydrogen-bond donors (Lipinski definition) is 0. The molecule has 0 aliphatic carbocycles. The average molecular weight is 140 g/mol. The summed E-state index contributed by atoms with van der Waals surface area (Å²) >= 11 is 0.790. The van der Waals surface area contributed by atoms with Gasteiger partial charge in [0.1, 0.15) is 0 Å². The Hall–Kier alpha value is -1.10. The first kappa shape index (κ1) is 6.03. The highest BCUT2D eigenvalue weighted by Crippen LogP contribution is 1.97. The van der Waals surface area contributed by atoms with Crippen LogP contribution < -0.4 is 0 Å². The average Bonchev–Trinajstić information content (AvgIpc) is 2.33. The van der Waals surface area contributed by atoms with Gasteiger partial charge in [0, 0.05) is 0 Å². The molecule has 0 unspecified atom stereocenters. The van der Waals surface area contributed by atoms with Crippen LogP contribution >= 0.6 is 11.7 Å². The maximum Gasteiger partial charge on any atom is 0.257 e. The van der Waals surface area contributed by atoms with Gasteiger partial charge in [-0.2, -0.15) is 8.75 Å². The number of hydrogen-bond acceptors (Lipinski definition) is 5. The third-order valence-corrected chi connectivity index (χ3v) is 1.21. The largest absolute Gasteiger partial charge is 0.283 e. The van der Waals surface area contributed by atoms with Crippen LogP contribution in [0.15, 0.2) is 0 Å². The van der Waals surface area contributed by atoms with Crippen LogP contribution in [0.3, 0.4) is 0 Å². The van der Waals surface area contributed by atoms with Crippen LogP contribution in [-0.2, 0) is 9.59 Å². The molecule has 1 heterocycles. The molecule has 0 amide bonds. The molecule has 1 rings (SSSR count). The van der Waals surface area contributed by atoms with E-state index in [1.54, 1.807) is 0 Å². The van der Waals surface area contributed by atoms with Crippen molar-refractivity contribution < 1.29 is 9.59 Å². The second kappa shape index (κ2) is 2.45. The van der Waals surface area contributed by atoms with E-state index in [0.29, 0.717) is 0 Å². The van der Waals surface area contributed by atoms with Gasteiger partial charge in [-0.25, -0.2) is 0 Å². The van der Waals surface area contributed by atoms with E-state index in [9.17, 15) is 9.59 Å². The maximum atomic E-state index is 9.85. The third kappa shape index (κ3) is 0.996. The molecule has 1 aromatic rings. The molecule has 0 fully saturated rings. The fourth-order valence-corrected chi connectivity index (χ4v) is 0.774. The first-order valence-electron chi connectivity index (χ1n) is 1.97. The molecule has 1 aromatic heterocycles. The third-order valence-electron chi connectivity index (χ3n) is 0.682. The minimum Gasteiger partial charge on any atom is -0.283 e. The van der Waals surface area contributed by atoms with Crippen molar-refractivity contribution in [3.8, 4) is 0 Å². The van der Waals surface area contributed by atoms with Crippen molar-refractivity contribution >= 4 is 24.3 Å². The Morgan fingerprint density at radius 2 is 1.56 bits per heavy atom. The summed E-state index contributed by atoms with van der Waals surface area (Å²) in [5.74, 6) is 0. The van der Waals surface area contributed by atoms with Crippen LogP contribution in [0, 0.1) is 0 Å². The molecule has 0 bridgehead atoms. The standard InChI is InChI=1S/C4N2O2S/c7-1-3-4(2-8)6-9-5-3. The quantitative estimate of drug-likeness (QED) is 0.553. The highest BCUT2D eigenvalue weighted by molar-refractivity contribution is 6.99. The predicted octanol–water partition coefficient (Wildman–Crippen LogP) is -0.546. The normalized spacial score (nSPS) is 8.89. The van der Waals surface area contributed by atoms with Crippen LogP contribution in [0.2, 0.25) is 0 Å². The van der Waals surface area contributed by atoms with Gasteiger partial charge >= 0.3 is 0 Å². The smallest absolute Gasteiger partial charge is 0.257 e. The zero-order chi connectivity index (χ0) is 6.69. The fourth-order valence-electron chi connectivity index (χ4n) is 0.322. The molecular formula is C4N2O2S. The van der Waals surface area contributed by atoms with Gasteiger partial charge in [0.25, 0.3) is 12.6 Å². The minimum atomic E-state index is -0.0602. The maximum absolute atomic E-state index is 9.85.